The molecule has 4 nitrogen and oxygen atoms in total. The highest BCUT2D eigenvalue weighted by atomic mass is 16.5. The van der Waals surface area contributed by atoms with E-state index in [0.29, 0.717) is 11.3 Å². The number of carbonyl (C=O) groups is 1. The smallest absolute Gasteiger partial charge is 0.342 e. The van der Waals surface area contributed by atoms with Crippen LogP contribution in [0, 0.1) is 13.8 Å². The molecule has 3 aromatic rings. The van der Waals surface area contributed by atoms with Crippen molar-refractivity contribution in [3.05, 3.63) is 88.8 Å². The standard InChI is InChI=1S/C21H18N2O2/c1-14-20(15(2)23(22-14)17-9-4-3-5-10-17)21(24)25-19-13-12-16-8-6-7-11-18(16)19/h3-13,19H,1-2H3. The first-order chi connectivity index (χ1) is 12.1. The highest BCUT2D eigenvalue weighted by molar-refractivity contribution is 5.92. The minimum absolute atomic E-state index is 0.344. The Morgan fingerprint density at radius 2 is 1.76 bits per heavy atom. The number of nitrogens with zero attached hydrogens (tertiary/aromatic N) is 2. The number of aromatic nitrogens is 2. The topological polar surface area (TPSA) is 44.1 Å². The van der Waals surface area contributed by atoms with Gasteiger partial charge in [-0.25, -0.2) is 9.48 Å². The first kappa shape index (κ1) is 15.4. The molecule has 1 aliphatic rings. The number of hydrogen-bond acceptors (Lipinski definition) is 3. The number of para-hydroxylation sites is 1. The Balaban J connectivity index is 1.64. The lowest BCUT2D eigenvalue weighted by Crippen LogP contribution is -2.11. The van der Waals surface area contributed by atoms with Gasteiger partial charge in [-0.1, -0.05) is 48.5 Å². The number of ether oxygens (including phenoxy) is 1. The summed E-state index contributed by atoms with van der Waals surface area (Å²) in [5.74, 6) is -0.344. The summed E-state index contributed by atoms with van der Waals surface area (Å²) in [6, 6.07) is 17.7. The number of benzene rings is 2. The average Bonchev–Trinajstić information content (AvgIpc) is 3.16. The summed E-state index contributed by atoms with van der Waals surface area (Å²) in [4.78, 5) is 12.8. The van der Waals surface area contributed by atoms with Crippen LogP contribution in [-0.2, 0) is 4.74 Å². The molecule has 4 heteroatoms. The van der Waals surface area contributed by atoms with Crippen LogP contribution in [0.3, 0.4) is 0 Å². The van der Waals surface area contributed by atoms with Gasteiger partial charge < -0.3 is 4.74 Å². The second kappa shape index (κ2) is 6.06. The van der Waals surface area contributed by atoms with Gasteiger partial charge in [0.05, 0.1) is 17.1 Å². The summed E-state index contributed by atoms with van der Waals surface area (Å²) in [7, 11) is 0. The number of rotatable bonds is 3. The zero-order chi connectivity index (χ0) is 17.4. The fourth-order valence-electron chi connectivity index (χ4n) is 3.25. The number of hydrogen-bond donors (Lipinski definition) is 0. The van der Waals surface area contributed by atoms with E-state index in [1.54, 1.807) is 4.68 Å². The lowest BCUT2D eigenvalue weighted by molar-refractivity contribution is 0.0395. The summed E-state index contributed by atoms with van der Waals surface area (Å²) >= 11 is 0. The van der Waals surface area contributed by atoms with E-state index < -0.39 is 0 Å². The molecule has 0 bridgehead atoms. The fourth-order valence-corrected chi connectivity index (χ4v) is 3.25. The average molecular weight is 330 g/mol. The van der Waals surface area contributed by atoms with Gasteiger partial charge in [0, 0.05) is 5.56 Å². The van der Waals surface area contributed by atoms with Gasteiger partial charge in [-0.05, 0) is 37.6 Å². The molecule has 0 radical (unpaired) electrons. The second-order valence-corrected chi connectivity index (χ2v) is 6.11. The predicted molar refractivity (Wildman–Crippen MR) is 96.7 cm³/mol. The van der Waals surface area contributed by atoms with Gasteiger partial charge in [0.1, 0.15) is 11.7 Å². The van der Waals surface area contributed by atoms with Crippen molar-refractivity contribution in [2.24, 2.45) is 0 Å². The van der Waals surface area contributed by atoms with Crippen LogP contribution in [-0.4, -0.2) is 15.7 Å². The molecule has 1 aliphatic carbocycles. The molecule has 2 aromatic carbocycles. The lowest BCUT2D eigenvalue weighted by Gasteiger charge is -2.13. The van der Waals surface area contributed by atoms with Crippen LogP contribution in [0.2, 0.25) is 0 Å². The minimum atomic E-state index is -0.345. The predicted octanol–water partition coefficient (Wildman–Crippen LogP) is 4.41. The molecule has 124 valence electrons. The van der Waals surface area contributed by atoms with E-state index >= 15 is 0 Å². The van der Waals surface area contributed by atoms with Crippen LogP contribution in [0.1, 0.15) is 39.0 Å². The highest BCUT2D eigenvalue weighted by Crippen LogP contribution is 2.32. The molecule has 0 saturated carbocycles. The maximum absolute atomic E-state index is 12.8. The van der Waals surface area contributed by atoms with Crippen molar-refractivity contribution in [2.45, 2.75) is 20.0 Å². The van der Waals surface area contributed by atoms with Crippen molar-refractivity contribution in [2.75, 3.05) is 0 Å². The van der Waals surface area contributed by atoms with Gasteiger partial charge in [0.15, 0.2) is 0 Å². The summed E-state index contributed by atoms with van der Waals surface area (Å²) in [6.07, 6.45) is 3.55. The second-order valence-electron chi connectivity index (χ2n) is 6.11. The van der Waals surface area contributed by atoms with E-state index in [2.05, 4.69) is 5.10 Å². The Bertz CT molecular complexity index is 971. The number of esters is 1. The van der Waals surface area contributed by atoms with E-state index in [1.807, 2.05) is 80.6 Å². The fraction of sp³-hybridized carbons (Fsp3) is 0.143. The molecule has 0 amide bonds. The van der Waals surface area contributed by atoms with Crippen LogP contribution in [0.15, 0.2) is 60.7 Å². The van der Waals surface area contributed by atoms with E-state index in [9.17, 15) is 4.79 Å². The largest absolute Gasteiger partial charge is 0.449 e. The maximum Gasteiger partial charge on any atom is 0.342 e. The zero-order valence-electron chi connectivity index (χ0n) is 14.1. The SMILES string of the molecule is Cc1nn(-c2ccccc2)c(C)c1C(=O)OC1C=Cc2ccccc21. The Morgan fingerprint density at radius 1 is 1.04 bits per heavy atom. The van der Waals surface area contributed by atoms with E-state index in [0.717, 1.165) is 22.5 Å². The molecule has 25 heavy (non-hydrogen) atoms. The van der Waals surface area contributed by atoms with Crippen LogP contribution in [0.25, 0.3) is 11.8 Å². The van der Waals surface area contributed by atoms with Gasteiger partial charge >= 0.3 is 5.97 Å². The normalized spacial score (nSPS) is 15.2. The maximum atomic E-state index is 12.8. The first-order valence-corrected chi connectivity index (χ1v) is 8.25. The third-order valence-electron chi connectivity index (χ3n) is 4.48. The number of carbonyl (C=O) groups excluding carboxylic acids is 1. The molecule has 0 spiro atoms. The van der Waals surface area contributed by atoms with Gasteiger partial charge in [-0.15, -0.1) is 0 Å². The summed E-state index contributed by atoms with van der Waals surface area (Å²) < 4.78 is 7.54. The van der Waals surface area contributed by atoms with Crippen molar-refractivity contribution < 1.29 is 9.53 Å². The lowest BCUT2D eigenvalue weighted by atomic mass is 10.1. The molecular formula is C21H18N2O2. The molecule has 1 heterocycles. The van der Waals surface area contributed by atoms with E-state index in [-0.39, 0.29) is 12.1 Å². The van der Waals surface area contributed by atoms with Crippen molar-refractivity contribution in [3.63, 3.8) is 0 Å². The summed E-state index contributed by atoms with van der Waals surface area (Å²) in [5.41, 5.74) is 5.01. The van der Waals surface area contributed by atoms with Crippen LogP contribution in [0.5, 0.6) is 0 Å². The van der Waals surface area contributed by atoms with Crippen LogP contribution >= 0.6 is 0 Å². The third kappa shape index (κ3) is 2.66. The summed E-state index contributed by atoms with van der Waals surface area (Å²) in [6.45, 7) is 3.73. The van der Waals surface area contributed by atoms with Crippen molar-refractivity contribution >= 4 is 12.0 Å². The Labute approximate surface area is 146 Å². The molecular weight excluding hydrogens is 312 g/mol. The molecule has 0 N–H and O–H groups in total. The minimum Gasteiger partial charge on any atom is -0.449 e. The third-order valence-corrected chi connectivity index (χ3v) is 4.48. The Morgan fingerprint density at radius 3 is 2.56 bits per heavy atom. The Kier molecular flexibility index (Phi) is 3.73. The molecule has 1 atom stereocenters. The van der Waals surface area contributed by atoms with Gasteiger partial charge in [0.2, 0.25) is 0 Å². The quantitative estimate of drug-likeness (QED) is 0.668. The van der Waals surface area contributed by atoms with E-state index in [4.69, 9.17) is 4.74 Å². The van der Waals surface area contributed by atoms with Crippen LogP contribution < -0.4 is 0 Å². The monoisotopic (exact) mass is 330 g/mol. The van der Waals surface area contributed by atoms with Crippen LogP contribution in [0.4, 0.5) is 0 Å². The van der Waals surface area contributed by atoms with E-state index in [1.165, 1.54) is 0 Å². The molecule has 0 aliphatic heterocycles. The summed E-state index contributed by atoms with van der Waals surface area (Å²) in [5, 5.41) is 4.52. The molecule has 4 rings (SSSR count). The molecule has 0 saturated heterocycles. The van der Waals surface area contributed by atoms with Crippen molar-refractivity contribution in [1.82, 2.24) is 9.78 Å². The molecule has 1 aromatic heterocycles. The van der Waals surface area contributed by atoms with Gasteiger partial charge in [-0.3, -0.25) is 0 Å². The molecule has 1 unspecified atom stereocenters. The van der Waals surface area contributed by atoms with Crippen molar-refractivity contribution in [1.29, 1.82) is 0 Å². The number of aryl methyl sites for hydroxylation is 1. The molecule has 0 fully saturated rings. The first-order valence-electron chi connectivity index (χ1n) is 8.25. The van der Waals surface area contributed by atoms with Gasteiger partial charge in [-0.2, -0.15) is 5.10 Å². The van der Waals surface area contributed by atoms with Crippen molar-refractivity contribution in [3.8, 4) is 5.69 Å². The zero-order valence-corrected chi connectivity index (χ0v) is 14.1. The van der Waals surface area contributed by atoms with Gasteiger partial charge in [0.25, 0.3) is 0 Å². The highest BCUT2D eigenvalue weighted by Gasteiger charge is 2.26. The number of fused-ring (bicyclic) bond motifs is 1. The Hall–Kier alpha value is -3.14.